The van der Waals surface area contributed by atoms with Crippen molar-refractivity contribution in [2.45, 2.75) is 45.3 Å². The van der Waals surface area contributed by atoms with Gasteiger partial charge < -0.3 is 20.3 Å². The Morgan fingerprint density at radius 1 is 1.43 bits per heavy atom. The molecule has 0 heterocycles. The average Bonchev–Trinajstić information content (AvgIpc) is 2.45. The van der Waals surface area contributed by atoms with Crippen molar-refractivity contribution >= 4 is 5.97 Å². The first-order valence-electron chi connectivity index (χ1n) is 7.27. The van der Waals surface area contributed by atoms with E-state index in [4.69, 9.17) is 9.84 Å². The summed E-state index contributed by atoms with van der Waals surface area (Å²) in [5, 5.41) is 22.6. The van der Waals surface area contributed by atoms with Crippen molar-refractivity contribution in [1.29, 1.82) is 0 Å². The van der Waals surface area contributed by atoms with Crippen molar-refractivity contribution < 1.29 is 19.7 Å². The first-order valence-corrected chi connectivity index (χ1v) is 7.27. The molecule has 1 aromatic rings. The fourth-order valence-corrected chi connectivity index (χ4v) is 2.27. The van der Waals surface area contributed by atoms with Crippen molar-refractivity contribution in [2.75, 3.05) is 13.7 Å². The third-order valence-corrected chi connectivity index (χ3v) is 3.47. The summed E-state index contributed by atoms with van der Waals surface area (Å²) in [5.74, 6) is -0.173. The highest BCUT2D eigenvalue weighted by atomic mass is 16.5. The Hall–Kier alpha value is -1.59. The summed E-state index contributed by atoms with van der Waals surface area (Å²) < 4.78 is 5.19. The molecule has 0 spiro atoms. The van der Waals surface area contributed by atoms with Crippen LogP contribution in [0.1, 0.15) is 43.4 Å². The lowest BCUT2D eigenvalue weighted by molar-refractivity contribution is -0.138. The first kappa shape index (κ1) is 17.5. The molecule has 21 heavy (non-hydrogen) atoms. The summed E-state index contributed by atoms with van der Waals surface area (Å²) in [5.41, 5.74) is 1.61. The zero-order valence-corrected chi connectivity index (χ0v) is 12.9. The van der Waals surface area contributed by atoms with Crippen LogP contribution in [0.15, 0.2) is 18.2 Å². The molecule has 1 aromatic carbocycles. The normalized spacial score (nSPS) is 13.7. The minimum atomic E-state index is -0.923. The number of rotatable bonds is 9. The largest absolute Gasteiger partial charge is 0.496 e. The van der Waals surface area contributed by atoms with Gasteiger partial charge in [0.1, 0.15) is 5.75 Å². The molecule has 0 aliphatic heterocycles. The van der Waals surface area contributed by atoms with E-state index in [-0.39, 0.29) is 6.42 Å². The van der Waals surface area contributed by atoms with Gasteiger partial charge in [-0.05, 0) is 43.1 Å². The molecule has 118 valence electrons. The number of carboxylic acid groups (broad SMARTS) is 1. The average molecular weight is 295 g/mol. The van der Waals surface area contributed by atoms with E-state index in [1.807, 2.05) is 13.0 Å². The Labute approximate surface area is 125 Å². The maximum Gasteiger partial charge on any atom is 0.305 e. The maximum absolute atomic E-state index is 11.0. The van der Waals surface area contributed by atoms with Gasteiger partial charge in [0, 0.05) is 6.04 Å². The number of benzene rings is 1. The van der Waals surface area contributed by atoms with Gasteiger partial charge in [-0.3, -0.25) is 4.79 Å². The van der Waals surface area contributed by atoms with Crippen LogP contribution in [0.3, 0.4) is 0 Å². The van der Waals surface area contributed by atoms with Crippen LogP contribution < -0.4 is 10.1 Å². The molecular formula is C16H25NO4. The van der Waals surface area contributed by atoms with Crippen LogP contribution in [0, 0.1) is 6.92 Å². The predicted molar refractivity (Wildman–Crippen MR) is 81.6 cm³/mol. The SMILES string of the molecule is CCCCNC(CC(=O)O)C(O)c1ccc(OC)c(C)c1. The van der Waals surface area contributed by atoms with Crippen LogP contribution in [0.2, 0.25) is 0 Å². The molecule has 0 aliphatic carbocycles. The maximum atomic E-state index is 11.0. The number of methoxy groups -OCH3 is 1. The van der Waals surface area contributed by atoms with Crippen molar-refractivity contribution in [3.8, 4) is 5.75 Å². The fourth-order valence-electron chi connectivity index (χ4n) is 2.27. The van der Waals surface area contributed by atoms with Gasteiger partial charge in [-0.1, -0.05) is 19.4 Å². The molecule has 0 fully saturated rings. The molecule has 0 aromatic heterocycles. The molecule has 0 aliphatic rings. The highest BCUT2D eigenvalue weighted by Gasteiger charge is 2.23. The number of aliphatic hydroxyl groups excluding tert-OH is 1. The Kier molecular flexibility index (Phi) is 7.19. The molecule has 0 saturated carbocycles. The van der Waals surface area contributed by atoms with E-state index in [1.54, 1.807) is 19.2 Å². The van der Waals surface area contributed by atoms with Gasteiger partial charge in [0.25, 0.3) is 0 Å². The molecule has 0 amide bonds. The Balaban J connectivity index is 2.84. The molecule has 0 saturated heterocycles. The van der Waals surface area contributed by atoms with E-state index in [2.05, 4.69) is 12.2 Å². The fraction of sp³-hybridized carbons (Fsp3) is 0.562. The molecule has 0 radical (unpaired) electrons. The number of unbranched alkanes of at least 4 members (excludes halogenated alkanes) is 1. The second-order valence-corrected chi connectivity index (χ2v) is 5.19. The number of hydrogen-bond donors (Lipinski definition) is 3. The minimum Gasteiger partial charge on any atom is -0.496 e. The zero-order valence-electron chi connectivity index (χ0n) is 12.9. The quantitative estimate of drug-likeness (QED) is 0.609. The van der Waals surface area contributed by atoms with Crippen molar-refractivity contribution in [2.24, 2.45) is 0 Å². The van der Waals surface area contributed by atoms with Crippen LogP contribution in [0.5, 0.6) is 5.75 Å². The highest BCUT2D eigenvalue weighted by Crippen LogP contribution is 2.25. The molecule has 5 nitrogen and oxygen atoms in total. The molecule has 3 N–H and O–H groups in total. The van der Waals surface area contributed by atoms with Crippen molar-refractivity contribution in [3.63, 3.8) is 0 Å². The van der Waals surface area contributed by atoms with Crippen LogP contribution >= 0.6 is 0 Å². The lowest BCUT2D eigenvalue weighted by atomic mass is 9.97. The topological polar surface area (TPSA) is 78.8 Å². The van der Waals surface area contributed by atoms with E-state index < -0.39 is 18.1 Å². The smallest absolute Gasteiger partial charge is 0.305 e. The summed E-state index contributed by atoms with van der Waals surface area (Å²) in [6.45, 7) is 4.66. The van der Waals surface area contributed by atoms with Crippen LogP contribution in [-0.4, -0.2) is 35.9 Å². The van der Waals surface area contributed by atoms with E-state index >= 15 is 0 Å². The van der Waals surface area contributed by atoms with Gasteiger partial charge in [-0.2, -0.15) is 0 Å². The Bertz CT molecular complexity index is 462. The Morgan fingerprint density at radius 2 is 2.14 bits per heavy atom. The number of aryl methyl sites for hydroxylation is 1. The molecule has 2 unspecified atom stereocenters. The lowest BCUT2D eigenvalue weighted by Crippen LogP contribution is -2.37. The summed E-state index contributed by atoms with van der Waals surface area (Å²) in [7, 11) is 1.60. The van der Waals surface area contributed by atoms with Gasteiger partial charge in [0.05, 0.1) is 19.6 Å². The second-order valence-electron chi connectivity index (χ2n) is 5.19. The van der Waals surface area contributed by atoms with E-state index in [1.165, 1.54) is 0 Å². The van der Waals surface area contributed by atoms with Crippen LogP contribution in [0.25, 0.3) is 0 Å². The summed E-state index contributed by atoms with van der Waals surface area (Å²) in [6, 6.07) is 4.90. The summed E-state index contributed by atoms with van der Waals surface area (Å²) in [4.78, 5) is 11.0. The Morgan fingerprint density at radius 3 is 2.67 bits per heavy atom. The van der Waals surface area contributed by atoms with Crippen LogP contribution in [-0.2, 0) is 4.79 Å². The van der Waals surface area contributed by atoms with Gasteiger partial charge in [-0.15, -0.1) is 0 Å². The van der Waals surface area contributed by atoms with E-state index in [0.29, 0.717) is 12.1 Å². The third kappa shape index (κ3) is 5.36. The van der Waals surface area contributed by atoms with E-state index in [9.17, 15) is 9.90 Å². The number of carboxylic acids is 1. The first-order chi connectivity index (χ1) is 9.99. The number of hydrogen-bond acceptors (Lipinski definition) is 4. The molecule has 5 heteroatoms. The predicted octanol–water partition coefficient (Wildman–Crippen LogP) is 2.27. The van der Waals surface area contributed by atoms with Crippen molar-refractivity contribution in [3.05, 3.63) is 29.3 Å². The van der Waals surface area contributed by atoms with Gasteiger partial charge in [-0.25, -0.2) is 0 Å². The lowest BCUT2D eigenvalue weighted by Gasteiger charge is -2.24. The molecule has 0 bridgehead atoms. The number of aliphatic carboxylic acids is 1. The number of nitrogens with one attached hydrogen (secondary N) is 1. The van der Waals surface area contributed by atoms with Crippen LogP contribution in [0.4, 0.5) is 0 Å². The number of carbonyl (C=O) groups is 1. The van der Waals surface area contributed by atoms with E-state index in [0.717, 1.165) is 24.2 Å². The minimum absolute atomic E-state index is 0.115. The number of aliphatic hydroxyl groups is 1. The van der Waals surface area contributed by atoms with Gasteiger partial charge in [0.15, 0.2) is 0 Å². The van der Waals surface area contributed by atoms with Gasteiger partial charge >= 0.3 is 5.97 Å². The molecule has 1 rings (SSSR count). The number of ether oxygens (including phenoxy) is 1. The highest BCUT2D eigenvalue weighted by molar-refractivity contribution is 5.67. The standard InChI is InChI=1S/C16H25NO4/c1-4-5-8-17-13(10-15(18)19)16(20)12-6-7-14(21-3)11(2)9-12/h6-7,9,13,16-17,20H,4-5,8,10H2,1-3H3,(H,18,19). The monoisotopic (exact) mass is 295 g/mol. The zero-order chi connectivity index (χ0) is 15.8. The third-order valence-electron chi connectivity index (χ3n) is 3.47. The summed E-state index contributed by atoms with van der Waals surface area (Å²) in [6.07, 6.45) is 0.993. The second kappa shape index (κ2) is 8.64. The summed E-state index contributed by atoms with van der Waals surface area (Å²) >= 11 is 0. The molecule has 2 atom stereocenters. The van der Waals surface area contributed by atoms with Crippen molar-refractivity contribution in [1.82, 2.24) is 5.32 Å². The molecular weight excluding hydrogens is 270 g/mol. The van der Waals surface area contributed by atoms with Gasteiger partial charge in [0.2, 0.25) is 0 Å².